The van der Waals surface area contributed by atoms with E-state index in [9.17, 15) is 14.3 Å². The van der Waals surface area contributed by atoms with Crippen molar-refractivity contribution in [3.63, 3.8) is 0 Å². The zero-order chi connectivity index (χ0) is 11.4. The van der Waals surface area contributed by atoms with E-state index in [0.29, 0.717) is 5.56 Å². The van der Waals surface area contributed by atoms with Crippen LogP contribution >= 0.6 is 0 Å². The maximum absolute atomic E-state index is 12.6. The first-order chi connectivity index (χ1) is 7.06. The summed E-state index contributed by atoms with van der Waals surface area (Å²) in [6.07, 6.45) is -1.42. The topological polar surface area (TPSA) is 46.5 Å². The predicted molar refractivity (Wildman–Crippen MR) is 53.5 cm³/mol. The van der Waals surface area contributed by atoms with Gasteiger partial charge in [-0.05, 0) is 23.3 Å². The summed E-state index contributed by atoms with van der Waals surface area (Å²) in [5, 5.41) is 9.44. The van der Waals surface area contributed by atoms with Crippen molar-refractivity contribution >= 4 is 11.5 Å². The predicted octanol–water partition coefficient (Wildman–Crippen LogP) is 1.37. The molecular weight excluding hydrogens is 199 g/mol. The van der Waals surface area contributed by atoms with Gasteiger partial charge in [0.1, 0.15) is 5.82 Å². The Morgan fingerprint density at radius 2 is 2.00 bits per heavy atom. The second-order valence-electron chi connectivity index (χ2n) is 2.96. The van der Waals surface area contributed by atoms with Crippen molar-refractivity contribution < 1.29 is 19.0 Å². The number of methoxy groups -OCH3 is 1. The summed E-state index contributed by atoms with van der Waals surface area (Å²) in [5.74, 6) is -1.18. The van der Waals surface area contributed by atoms with Crippen LogP contribution in [0.15, 0.2) is 30.8 Å². The molecule has 1 aromatic carbocycles. The van der Waals surface area contributed by atoms with Crippen LogP contribution in [0.4, 0.5) is 4.39 Å². The molecule has 80 valence electrons. The Bertz CT molecular complexity index is 370. The van der Waals surface area contributed by atoms with Crippen molar-refractivity contribution in [1.82, 2.24) is 0 Å². The highest BCUT2D eigenvalue weighted by Crippen LogP contribution is 2.17. The molecule has 15 heavy (non-hydrogen) atoms. The number of rotatable bonds is 3. The molecule has 1 rings (SSSR count). The number of halogens is 1. The summed E-state index contributed by atoms with van der Waals surface area (Å²) < 4.78 is 16.9. The third-order valence-corrected chi connectivity index (χ3v) is 1.97. The fourth-order valence-corrected chi connectivity index (χ4v) is 1.08. The minimum Gasteiger partial charge on any atom is -0.467 e. The van der Waals surface area contributed by atoms with Crippen molar-refractivity contribution in [2.75, 3.05) is 7.11 Å². The summed E-state index contributed by atoms with van der Waals surface area (Å²) in [6.45, 7) is 3.55. The van der Waals surface area contributed by atoms with Gasteiger partial charge in [-0.2, -0.15) is 0 Å². The van der Waals surface area contributed by atoms with E-state index in [1.165, 1.54) is 31.4 Å². The van der Waals surface area contributed by atoms with Gasteiger partial charge in [-0.3, -0.25) is 0 Å². The molecule has 3 nitrogen and oxygen atoms in total. The van der Waals surface area contributed by atoms with Gasteiger partial charge in [0.05, 0.1) is 7.11 Å². The molecule has 1 N–H and O–H groups in total. The third kappa shape index (κ3) is 2.63. The van der Waals surface area contributed by atoms with Crippen LogP contribution < -0.4 is 0 Å². The normalized spacial score (nSPS) is 11.9. The quantitative estimate of drug-likeness (QED) is 0.766. The zero-order valence-corrected chi connectivity index (χ0v) is 8.24. The van der Waals surface area contributed by atoms with Crippen LogP contribution in [0.2, 0.25) is 0 Å². The molecule has 0 aliphatic rings. The zero-order valence-electron chi connectivity index (χ0n) is 8.24. The summed E-state index contributed by atoms with van der Waals surface area (Å²) in [5.41, 5.74) is 0.677. The molecule has 1 atom stereocenters. The van der Waals surface area contributed by atoms with Gasteiger partial charge in [0.2, 0.25) is 0 Å². The third-order valence-electron chi connectivity index (χ3n) is 1.97. The van der Waals surface area contributed by atoms with Crippen LogP contribution in [0.3, 0.4) is 0 Å². The Morgan fingerprint density at radius 1 is 1.47 bits per heavy atom. The van der Waals surface area contributed by atoms with Gasteiger partial charge >= 0.3 is 5.97 Å². The smallest absolute Gasteiger partial charge is 0.339 e. The van der Waals surface area contributed by atoms with Gasteiger partial charge in [-0.1, -0.05) is 18.7 Å². The SMILES string of the molecule is C=C(c1ccc(F)cc1)C(O)C(=O)OC. The molecule has 4 heteroatoms. The number of carbonyl (C=O) groups is 1. The number of ether oxygens (including phenoxy) is 1. The number of benzene rings is 1. The molecule has 0 aliphatic heterocycles. The Kier molecular flexibility index (Phi) is 3.57. The van der Waals surface area contributed by atoms with E-state index in [1.54, 1.807) is 0 Å². The molecule has 0 bridgehead atoms. The van der Waals surface area contributed by atoms with Crippen LogP contribution in [0, 0.1) is 5.82 Å². The number of carbonyl (C=O) groups excluding carboxylic acids is 1. The lowest BCUT2D eigenvalue weighted by Crippen LogP contribution is -2.22. The Morgan fingerprint density at radius 3 is 2.47 bits per heavy atom. The van der Waals surface area contributed by atoms with Crippen molar-refractivity contribution in [2.45, 2.75) is 6.10 Å². The Hall–Kier alpha value is -1.68. The summed E-state index contributed by atoms with van der Waals surface area (Å²) in [6, 6.07) is 5.32. The largest absolute Gasteiger partial charge is 0.467 e. The summed E-state index contributed by atoms with van der Waals surface area (Å²) in [7, 11) is 1.17. The highest BCUT2D eigenvalue weighted by Gasteiger charge is 2.19. The molecular formula is C11H11FO3. The molecule has 0 saturated heterocycles. The minimum absolute atomic E-state index is 0.182. The number of aliphatic hydroxyl groups excluding tert-OH is 1. The fraction of sp³-hybridized carbons (Fsp3) is 0.182. The van der Waals surface area contributed by atoms with Crippen LogP contribution in [0.1, 0.15) is 5.56 Å². The molecule has 0 saturated carbocycles. The molecule has 0 heterocycles. The maximum Gasteiger partial charge on any atom is 0.339 e. The lowest BCUT2D eigenvalue weighted by atomic mass is 10.0. The van der Waals surface area contributed by atoms with Gasteiger partial charge in [-0.15, -0.1) is 0 Å². The van der Waals surface area contributed by atoms with Crippen LogP contribution in [0.5, 0.6) is 0 Å². The second-order valence-corrected chi connectivity index (χ2v) is 2.96. The first kappa shape index (κ1) is 11.4. The molecule has 0 spiro atoms. The first-order valence-corrected chi connectivity index (χ1v) is 4.27. The van der Waals surface area contributed by atoms with Crippen LogP contribution in [-0.2, 0) is 9.53 Å². The standard InChI is InChI=1S/C11H11FO3/c1-7(10(13)11(14)15-2)8-3-5-9(12)6-4-8/h3-6,10,13H,1H2,2H3. The lowest BCUT2D eigenvalue weighted by Gasteiger charge is -2.11. The maximum atomic E-state index is 12.6. The van der Waals surface area contributed by atoms with E-state index >= 15 is 0 Å². The number of aliphatic hydroxyl groups is 1. The molecule has 0 amide bonds. The fourth-order valence-electron chi connectivity index (χ4n) is 1.08. The van der Waals surface area contributed by atoms with Crippen LogP contribution in [0.25, 0.3) is 5.57 Å². The highest BCUT2D eigenvalue weighted by molar-refractivity contribution is 5.90. The first-order valence-electron chi connectivity index (χ1n) is 4.27. The van der Waals surface area contributed by atoms with E-state index in [4.69, 9.17) is 0 Å². The van der Waals surface area contributed by atoms with E-state index < -0.39 is 12.1 Å². The van der Waals surface area contributed by atoms with Crippen molar-refractivity contribution in [3.8, 4) is 0 Å². The summed E-state index contributed by atoms with van der Waals surface area (Å²) in [4.78, 5) is 11.0. The van der Waals surface area contributed by atoms with Crippen LogP contribution in [-0.4, -0.2) is 24.3 Å². The average molecular weight is 210 g/mol. The molecule has 1 aromatic rings. The van der Waals surface area contributed by atoms with Crippen molar-refractivity contribution in [2.24, 2.45) is 0 Å². The molecule has 0 aliphatic carbocycles. The Balaban J connectivity index is 2.85. The van der Waals surface area contributed by atoms with E-state index in [0.717, 1.165) is 0 Å². The highest BCUT2D eigenvalue weighted by atomic mass is 19.1. The molecule has 0 fully saturated rings. The van der Waals surface area contributed by atoms with Crippen molar-refractivity contribution in [1.29, 1.82) is 0 Å². The van der Waals surface area contributed by atoms with E-state index in [-0.39, 0.29) is 11.4 Å². The molecule has 1 unspecified atom stereocenters. The average Bonchev–Trinajstić information content (AvgIpc) is 2.27. The summed E-state index contributed by atoms with van der Waals surface area (Å²) >= 11 is 0. The van der Waals surface area contributed by atoms with E-state index in [1.807, 2.05) is 0 Å². The van der Waals surface area contributed by atoms with Crippen molar-refractivity contribution in [3.05, 3.63) is 42.2 Å². The monoisotopic (exact) mass is 210 g/mol. The minimum atomic E-state index is -1.42. The van der Waals surface area contributed by atoms with Gasteiger partial charge in [0.15, 0.2) is 6.10 Å². The van der Waals surface area contributed by atoms with Gasteiger partial charge in [0, 0.05) is 0 Å². The molecule has 0 aromatic heterocycles. The van der Waals surface area contributed by atoms with E-state index in [2.05, 4.69) is 11.3 Å². The van der Waals surface area contributed by atoms with Gasteiger partial charge in [0.25, 0.3) is 0 Å². The lowest BCUT2D eigenvalue weighted by molar-refractivity contribution is -0.147. The van der Waals surface area contributed by atoms with Gasteiger partial charge in [-0.25, -0.2) is 9.18 Å². The van der Waals surface area contributed by atoms with Gasteiger partial charge < -0.3 is 9.84 Å². The second kappa shape index (κ2) is 4.70. The Labute approximate surface area is 86.8 Å². The number of hydrogen-bond acceptors (Lipinski definition) is 3. The number of esters is 1. The molecule has 0 radical (unpaired) electrons. The number of hydrogen-bond donors (Lipinski definition) is 1.